The van der Waals surface area contributed by atoms with Crippen molar-refractivity contribution in [3.63, 3.8) is 0 Å². The maximum atomic E-state index is 12.2. The maximum Gasteiger partial charge on any atom is 0.332 e. The van der Waals surface area contributed by atoms with E-state index in [0.717, 1.165) is 20.9 Å². The number of aryl methyl sites for hydroxylation is 2. The third-order valence-electron chi connectivity index (χ3n) is 3.47. The van der Waals surface area contributed by atoms with Crippen molar-refractivity contribution in [1.29, 1.82) is 0 Å². The van der Waals surface area contributed by atoms with E-state index in [1.165, 1.54) is 14.1 Å². The Bertz CT molecular complexity index is 556. The van der Waals surface area contributed by atoms with Gasteiger partial charge in [-0.2, -0.15) is 0 Å². The lowest BCUT2D eigenvalue weighted by Gasteiger charge is -2.33. The highest BCUT2D eigenvalue weighted by atomic mass is 16.2. The van der Waals surface area contributed by atoms with Crippen molar-refractivity contribution in [1.82, 2.24) is 9.80 Å². The maximum absolute atomic E-state index is 12.2. The molecule has 1 aromatic carbocycles. The smallest absolute Gasteiger partial charge is 0.273 e. The summed E-state index contributed by atoms with van der Waals surface area (Å²) in [6.07, 6.45) is 0. The molecule has 5 heteroatoms. The summed E-state index contributed by atoms with van der Waals surface area (Å²) >= 11 is 0. The summed E-state index contributed by atoms with van der Waals surface area (Å²) in [5.74, 6) is -1.87. The number of imide groups is 2. The minimum absolute atomic E-state index is 0.472. The number of hydrogen-bond donors (Lipinski definition) is 0. The molecule has 2 rings (SSSR count). The zero-order valence-corrected chi connectivity index (χ0v) is 11.4. The topological polar surface area (TPSA) is 57.7 Å². The van der Waals surface area contributed by atoms with Gasteiger partial charge in [0.05, 0.1) is 0 Å². The van der Waals surface area contributed by atoms with E-state index in [9.17, 15) is 14.4 Å². The molecule has 1 fully saturated rings. The minimum Gasteiger partial charge on any atom is -0.273 e. The Labute approximate surface area is 111 Å². The average Bonchev–Trinajstić information content (AvgIpc) is 2.37. The fourth-order valence-corrected chi connectivity index (χ4v) is 2.32. The number of barbiturate groups is 1. The van der Waals surface area contributed by atoms with E-state index in [1.54, 1.807) is 6.07 Å². The van der Waals surface area contributed by atoms with Crippen molar-refractivity contribution in [2.24, 2.45) is 0 Å². The van der Waals surface area contributed by atoms with E-state index >= 15 is 0 Å². The van der Waals surface area contributed by atoms with Gasteiger partial charge in [-0.1, -0.05) is 23.8 Å². The molecule has 19 heavy (non-hydrogen) atoms. The van der Waals surface area contributed by atoms with Crippen LogP contribution in [0.2, 0.25) is 0 Å². The Kier molecular flexibility index (Phi) is 3.14. The third-order valence-corrected chi connectivity index (χ3v) is 3.47. The monoisotopic (exact) mass is 260 g/mol. The molecule has 0 bridgehead atoms. The van der Waals surface area contributed by atoms with E-state index in [4.69, 9.17) is 0 Å². The summed E-state index contributed by atoms with van der Waals surface area (Å²) in [7, 11) is 2.79. The summed E-state index contributed by atoms with van der Waals surface area (Å²) in [5.41, 5.74) is 2.60. The van der Waals surface area contributed by atoms with Gasteiger partial charge in [-0.3, -0.25) is 19.4 Å². The zero-order chi connectivity index (χ0) is 14.3. The van der Waals surface area contributed by atoms with Crippen LogP contribution in [-0.2, 0) is 9.59 Å². The van der Waals surface area contributed by atoms with Crippen molar-refractivity contribution >= 4 is 17.8 Å². The van der Waals surface area contributed by atoms with Crippen LogP contribution in [0.25, 0.3) is 0 Å². The molecule has 1 aliphatic heterocycles. The van der Waals surface area contributed by atoms with Gasteiger partial charge in [0.2, 0.25) is 11.8 Å². The zero-order valence-electron chi connectivity index (χ0n) is 11.4. The van der Waals surface area contributed by atoms with E-state index < -0.39 is 23.8 Å². The number of likely N-dealkylation sites (N-methyl/N-ethyl adjacent to an activating group) is 2. The van der Waals surface area contributed by atoms with Gasteiger partial charge in [-0.05, 0) is 25.0 Å². The molecular formula is C14H16N2O3. The number of benzene rings is 1. The SMILES string of the molecule is Cc1ccc(C2C(=O)N(C)C(=O)N(C)C2=O)c(C)c1. The van der Waals surface area contributed by atoms with E-state index in [-0.39, 0.29) is 0 Å². The summed E-state index contributed by atoms with van der Waals surface area (Å²) in [4.78, 5) is 38.0. The van der Waals surface area contributed by atoms with Gasteiger partial charge in [0, 0.05) is 14.1 Å². The summed E-state index contributed by atoms with van der Waals surface area (Å²) in [5, 5.41) is 0. The lowest BCUT2D eigenvalue weighted by molar-refractivity contribution is -0.143. The van der Waals surface area contributed by atoms with Crippen LogP contribution in [0.1, 0.15) is 22.6 Å². The van der Waals surface area contributed by atoms with Crippen molar-refractivity contribution in [2.45, 2.75) is 19.8 Å². The van der Waals surface area contributed by atoms with Crippen LogP contribution in [0.5, 0.6) is 0 Å². The summed E-state index contributed by atoms with van der Waals surface area (Å²) in [6.45, 7) is 3.81. The van der Waals surface area contributed by atoms with Crippen LogP contribution in [0.15, 0.2) is 18.2 Å². The molecule has 4 amide bonds. The highest BCUT2D eigenvalue weighted by molar-refractivity contribution is 6.19. The lowest BCUT2D eigenvalue weighted by Crippen LogP contribution is -2.55. The molecule has 0 unspecified atom stereocenters. The van der Waals surface area contributed by atoms with Crippen LogP contribution in [0, 0.1) is 13.8 Å². The van der Waals surface area contributed by atoms with Crippen LogP contribution >= 0.6 is 0 Å². The molecule has 0 atom stereocenters. The van der Waals surface area contributed by atoms with Crippen LogP contribution in [0.3, 0.4) is 0 Å². The standard InChI is InChI=1S/C14H16N2O3/c1-8-5-6-10(9(2)7-8)11-12(17)15(3)14(19)16(4)13(11)18/h5-7,11H,1-4H3. The molecule has 1 saturated heterocycles. The number of hydrogen-bond acceptors (Lipinski definition) is 3. The molecule has 5 nitrogen and oxygen atoms in total. The lowest BCUT2D eigenvalue weighted by atomic mass is 9.90. The highest BCUT2D eigenvalue weighted by Crippen LogP contribution is 2.28. The largest absolute Gasteiger partial charge is 0.332 e. The first kappa shape index (κ1) is 13.3. The number of rotatable bonds is 1. The summed E-state index contributed by atoms with van der Waals surface area (Å²) in [6, 6.07) is 4.98. The van der Waals surface area contributed by atoms with Gasteiger partial charge in [0.1, 0.15) is 5.92 Å². The molecule has 1 aliphatic rings. The van der Waals surface area contributed by atoms with E-state index in [2.05, 4.69) is 0 Å². The Balaban J connectivity index is 2.51. The van der Waals surface area contributed by atoms with Gasteiger partial charge in [-0.25, -0.2) is 4.79 Å². The quantitative estimate of drug-likeness (QED) is 0.718. The first-order valence-electron chi connectivity index (χ1n) is 6.01. The van der Waals surface area contributed by atoms with Crippen molar-refractivity contribution < 1.29 is 14.4 Å². The van der Waals surface area contributed by atoms with Crippen LogP contribution < -0.4 is 0 Å². The van der Waals surface area contributed by atoms with Gasteiger partial charge in [-0.15, -0.1) is 0 Å². The molecule has 0 spiro atoms. The van der Waals surface area contributed by atoms with E-state index in [0.29, 0.717) is 5.56 Å². The number of urea groups is 1. The Morgan fingerprint density at radius 2 is 1.47 bits per heavy atom. The first-order chi connectivity index (χ1) is 8.84. The molecule has 100 valence electrons. The minimum atomic E-state index is -0.923. The number of nitrogens with zero attached hydrogens (tertiary/aromatic N) is 2. The second-order valence-electron chi connectivity index (χ2n) is 4.87. The molecule has 1 heterocycles. The van der Waals surface area contributed by atoms with Crippen molar-refractivity contribution in [3.8, 4) is 0 Å². The molecule has 0 aliphatic carbocycles. The second-order valence-corrected chi connectivity index (χ2v) is 4.87. The number of carbonyl (C=O) groups is 3. The second kappa shape index (κ2) is 4.50. The predicted octanol–water partition coefficient (Wildman–Crippen LogP) is 1.44. The third kappa shape index (κ3) is 2.01. The molecular weight excluding hydrogens is 244 g/mol. The fourth-order valence-electron chi connectivity index (χ4n) is 2.32. The molecule has 0 aromatic heterocycles. The van der Waals surface area contributed by atoms with Crippen LogP contribution in [-0.4, -0.2) is 41.7 Å². The van der Waals surface area contributed by atoms with Crippen LogP contribution in [0.4, 0.5) is 4.79 Å². The van der Waals surface area contributed by atoms with Crippen molar-refractivity contribution in [3.05, 3.63) is 34.9 Å². The van der Waals surface area contributed by atoms with E-state index in [1.807, 2.05) is 26.0 Å². The molecule has 0 radical (unpaired) electrons. The van der Waals surface area contributed by atoms with Gasteiger partial charge >= 0.3 is 6.03 Å². The molecule has 0 saturated carbocycles. The molecule has 1 aromatic rings. The highest BCUT2D eigenvalue weighted by Gasteiger charge is 2.43. The Hall–Kier alpha value is -2.17. The van der Waals surface area contributed by atoms with Gasteiger partial charge in [0.25, 0.3) is 0 Å². The molecule has 0 N–H and O–H groups in total. The number of amides is 4. The average molecular weight is 260 g/mol. The Morgan fingerprint density at radius 1 is 0.947 bits per heavy atom. The first-order valence-corrected chi connectivity index (χ1v) is 6.01. The number of carbonyl (C=O) groups excluding carboxylic acids is 3. The normalized spacial score (nSPS) is 17.4. The van der Waals surface area contributed by atoms with Gasteiger partial charge in [0.15, 0.2) is 0 Å². The van der Waals surface area contributed by atoms with Crippen molar-refractivity contribution in [2.75, 3.05) is 14.1 Å². The van der Waals surface area contributed by atoms with Gasteiger partial charge < -0.3 is 0 Å². The Morgan fingerprint density at radius 3 is 1.95 bits per heavy atom. The summed E-state index contributed by atoms with van der Waals surface area (Å²) < 4.78 is 0. The fraction of sp³-hybridized carbons (Fsp3) is 0.357. The predicted molar refractivity (Wildman–Crippen MR) is 69.6 cm³/mol.